The molecule has 0 aliphatic rings. The minimum Gasteiger partial charge on any atom is -0.480 e. The molecule has 0 aliphatic carbocycles. The Morgan fingerprint density at radius 1 is 1.35 bits per heavy atom. The predicted molar refractivity (Wildman–Crippen MR) is 81.7 cm³/mol. The fourth-order valence-corrected chi connectivity index (χ4v) is 2.33. The van der Waals surface area contributed by atoms with Gasteiger partial charge in [0.2, 0.25) is 0 Å². The van der Waals surface area contributed by atoms with Crippen molar-refractivity contribution in [3.8, 4) is 0 Å². The highest BCUT2D eigenvalue weighted by Crippen LogP contribution is 2.26. The van der Waals surface area contributed by atoms with Crippen LogP contribution < -0.4 is 0 Å². The molecule has 0 radical (unpaired) electrons. The lowest BCUT2D eigenvalue weighted by atomic mass is 10.0. The summed E-state index contributed by atoms with van der Waals surface area (Å²) in [5.41, 5.74) is -0.275. The smallest absolute Gasteiger partial charge is 0.323 e. The molecule has 6 heteroatoms. The first kappa shape index (κ1) is 16.9. The lowest BCUT2D eigenvalue weighted by molar-refractivity contribution is -0.138. The third-order valence-corrected chi connectivity index (χ3v) is 3.81. The second-order valence-corrected chi connectivity index (χ2v) is 6.59. The Morgan fingerprint density at radius 3 is 2.40 bits per heavy atom. The van der Waals surface area contributed by atoms with Crippen LogP contribution in [0.1, 0.15) is 31.1 Å². The first-order valence-corrected chi connectivity index (χ1v) is 7.64. The van der Waals surface area contributed by atoms with Crippen molar-refractivity contribution in [3.63, 3.8) is 0 Å². The van der Waals surface area contributed by atoms with Gasteiger partial charge in [0.05, 0.1) is 10.6 Å². The number of carbonyl (C=O) groups is 2. The van der Waals surface area contributed by atoms with Crippen molar-refractivity contribution < 1.29 is 14.7 Å². The van der Waals surface area contributed by atoms with Crippen molar-refractivity contribution >= 4 is 35.2 Å². The number of hydrogen-bond acceptors (Lipinski definition) is 3. The molecule has 0 fully saturated rings. The standard InChI is InChI=1S/C14H18ClNO3S/c1-14(2,3)16(8-12(17)18)13(19)10-7-9(20-4)5-6-11(10)15/h5-7H,8H2,1-4H3,(H,17,18). The summed E-state index contributed by atoms with van der Waals surface area (Å²) in [6.45, 7) is 5.02. The zero-order chi connectivity index (χ0) is 15.5. The average Bonchev–Trinajstić information content (AvgIpc) is 2.34. The van der Waals surface area contributed by atoms with Gasteiger partial charge in [-0.15, -0.1) is 11.8 Å². The van der Waals surface area contributed by atoms with E-state index in [1.165, 1.54) is 16.7 Å². The van der Waals surface area contributed by atoms with Crippen LogP contribution >= 0.6 is 23.4 Å². The van der Waals surface area contributed by atoms with Crippen LogP contribution in [-0.2, 0) is 4.79 Å². The van der Waals surface area contributed by atoms with Crippen LogP contribution in [0.2, 0.25) is 5.02 Å². The normalized spacial score (nSPS) is 11.2. The largest absolute Gasteiger partial charge is 0.480 e. The molecule has 0 saturated carbocycles. The van der Waals surface area contributed by atoms with E-state index in [9.17, 15) is 9.59 Å². The summed E-state index contributed by atoms with van der Waals surface area (Å²) in [7, 11) is 0. The molecule has 0 aliphatic heterocycles. The topological polar surface area (TPSA) is 57.6 Å². The van der Waals surface area contributed by atoms with Crippen molar-refractivity contribution in [1.82, 2.24) is 4.90 Å². The predicted octanol–water partition coefficient (Wildman–Crippen LogP) is 3.39. The van der Waals surface area contributed by atoms with Gasteiger partial charge in [-0.1, -0.05) is 11.6 Å². The van der Waals surface area contributed by atoms with Crippen LogP contribution in [-0.4, -0.2) is 40.2 Å². The number of carboxylic acids is 1. The van der Waals surface area contributed by atoms with Crippen molar-refractivity contribution in [2.75, 3.05) is 12.8 Å². The van der Waals surface area contributed by atoms with E-state index in [2.05, 4.69) is 0 Å². The third kappa shape index (κ3) is 4.15. The number of benzene rings is 1. The van der Waals surface area contributed by atoms with Gasteiger partial charge in [0, 0.05) is 10.4 Å². The molecule has 20 heavy (non-hydrogen) atoms. The van der Waals surface area contributed by atoms with E-state index in [-0.39, 0.29) is 12.5 Å². The van der Waals surface area contributed by atoms with Gasteiger partial charge in [-0.3, -0.25) is 9.59 Å². The van der Waals surface area contributed by atoms with E-state index < -0.39 is 11.5 Å². The van der Waals surface area contributed by atoms with Crippen LogP contribution in [0.15, 0.2) is 23.1 Å². The number of rotatable bonds is 4. The second-order valence-electron chi connectivity index (χ2n) is 5.30. The quantitative estimate of drug-likeness (QED) is 0.865. The Bertz CT molecular complexity index is 526. The highest BCUT2D eigenvalue weighted by Gasteiger charge is 2.30. The highest BCUT2D eigenvalue weighted by atomic mass is 35.5. The molecule has 1 amide bonds. The minimum absolute atomic E-state index is 0.326. The van der Waals surface area contributed by atoms with E-state index in [1.807, 2.05) is 12.3 Å². The van der Waals surface area contributed by atoms with E-state index in [4.69, 9.17) is 16.7 Å². The molecule has 4 nitrogen and oxygen atoms in total. The molecule has 0 saturated heterocycles. The lowest BCUT2D eigenvalue weighted by Crippen LogP contribution is -2.48. The summed E-state index contributed by atoms with van der Waals surface area (Å²) in [6, 6.07) is 5.17. The van der Waals surface area contributed by atoms with E-state index >= 15 is 0 Å². The maximum Gasteiger partial charge on any atom is 0.323 e. The number of hydrogen-bond donors (Lipinski definition) is 1. The third-order valence-electron chi connectivity index (χ3n) is 2.75. The highest BCUT2D eigenvalue weighted by molar-refractivity contribution is 7.98. The van der Waals surface area contributed by atoms with Crippen molar-refractivity contribution in [1.29, 1.82) is 0 Å². The monoisotopic (exact) mass is 315 g/mol. The van der Waals surface area contributed by atoms with Gasteiger partial charge in [-0.2, -0.15) is 0 Å². The van der Waals surface area contributed by atoms with E-state index in [0.29, 0.717) is 10.6 Å². The molecule has 1 rings (SSSR count). The molecule has 0 spiro atoms. The molecular formula is C14H18ClNO3S. The van der Waals surface area contributed by atoms with Gasteiger partial charge >= 0.3 is 5.97 Å². The number of nitrogens with zero attached hydrogens (tertiary/aromatic N) is 1. The zero-order valence-corrected chi connectivity index (χ0v) is 13.5. The maximum absolute atomic E-state index is 12.6. The first-order chi connectivity index (χ1) is 9.16. The fraction of sp³-hybridized carbons (Fsp3) is 0.429. The average molecular weight is 316 g/mol. The SMILES string of the molecule is CSc1ccc(Cl)c(C(=O)N(CC(=O)O)C(C)(C)C)c1. The Kier molecular flexibility index (Phi) is 5.48. The van der Waals surface area contributed by atoms with Crippen LogP contribution in [0.25, 0.3) is 0 Å². The molecule has 0 atom stereocenters. The van der Waals surface area contributed by atoms with E-state index in [1.54, 1.807) is 32.9 Å². The van der Waals surface area contributed by atoms with Gasteiger partial charge in [0.25, 0.3) is 5.91 Å². The van der Waals surface area contributed by atoms with Gasteiger partial charge in [0.15, 0.2) is 0 Å². The summed E-state index contributed by atoms with van der Waals surface area (Å²) in [4.78, 5) is 25.8. The summed E-state index contributed by atoms with van der Waals surface area (Å²) in [5.74, 6) is -1.42. The molecule has 110 valence electrons. The number of amides is 1. The maximum atomic E-state index is 12.6. The lowest BCUT2D eigenvalue weighted by Gasteiger charge is -2.34. The Hall–Kier alpha value is -1.20. The molecular weight excluding hydrogens is 298 g/mol. The first-order valence-electron chi connectivity index (χ1n) is 6.04. The van der Waals surface area contributed by atoms with Crippen molar-refractivity contribution in [2.24, 2.45) is 0 Å². The molecule has 0 heterocycles. The zero-order valence-electron chi connectivity index (χ0n) is 11.9. The van der Waals surface area contributed by atoms with Gasteiger partial charge in [-0.05, 0) is 45.2 Å². The molecule has 0 bridgehead atoms. The molecule has 1 aromatic rings. The molecule has 0 unspecified atom stereocenters. The summed E-state index contributed by atoms with van der Waals surface area (Å²) in [5, 5.41) is 9.31. The van der Waals surface area contributed by atoms with Crippen LogP contribution in [0.5, 0.6) is 0 Å². The Labute approximate surface area is 128 Å². The summed E-state index contributed by atoms with van der Waals surface area (Å²) in [6.07, 6.45) is 1.90. The van der Waals surface area contributed by atoms with Gasteiger partial charge < -0.3 is 10.0 Å². The molecule has 1 N–H and O–H groups in total. The van der Waals surface area contributed by atoms with Crippen LogP contribution in [0.3, 0.4) is 0 Å². The van der Waals surface area contributed by atoms with Crippen molar-refractivity contribution in [3.05, 3.63) is 28.8 Å². The summed E-state index contributed by atoms with van der Waals surface area (Å²) >= 11 is 7.57. The second kappa shape index (κ2) is 6.50. The number of thioether (sulfide) groups is 1. The van der Waals surface area contributed by atoms with Crippen molar-refractivity contribution in [2.45, 2.75) is 31.2 Å². The molecule has 0 aromatic heterocycles. The number of aliphatic carboxylic acids is 1. The number of carbonyl (C=O) groups excluding carboxylic acids is 1. The Morgan fingerprint density at radius 2 is 1.95 bits per heavy atom. The Balaban J connectivity index is 3.21. The summed E-state index contributed by atoms with van der Waals surface area (Å²) < 4.78 is 0. The van der Waals surface area contributed by atoms with Gasteiger partial charge in [-0.25, -0.2) is 0 Å². The van der Waals surface area contributed by atoms with E-state index in [0.717, 1.165) is 4.90 Å². The molecule has 1 aromatic carbocycles. The number of halogens is 1. The van der Waals surface area contributed by atoms with Gasteiger partial charge in [0.1, 0.15) is 6.54 Å². The van der Waals surface area contributed by atoms with Crippen LogP contribution in [0, 0.1) is 0 Å². The number of carboxylic acid groups (broad SMARTS) is 1. The fourth-order valence-electron chi connectivity index (χ4n) is 1.69. The van der Waals surface area contributed by atoms with Crippen LogP contribution in [0.4, 0.5) is 0 Å². The minimum atomic E-state index is -1.05.